The van der Waals surface area contributed by atoms with Crippen molar-refractivity contribution in [1.82, 2.24) is 0 Å². The molecular weight excluding hydrogens is 258 g/mol. The molecule has 0 fully saturated rings. The van der Waals surface area contributed by atoms with Crippen molar-refractivity contribution in [2.45, 2.75) is 5.57 Å². The fourth-order valence-corrected chi connectivity index (χ4v) is 0.956. The fraction of sp³-hybridized carbons (Fsp3) is 0.143. The predicted molar refractivity (Wildman–Crippen MR) is 44.4 cm³/mol. The minimum absolute atomic E-state index is 0.409. The summed E-state index contributed by atoms with van der Waals surface area (Å²) in [5, 5.41) is 10.3. The highest BCUT2D eigenvalue weighted by molar-refractivity contribution is 6.20. The van der Waals surface area contributed by atoms with Crippen molar-refractivity contribution >= 4 is 17.3 Å². The Bertz CT molecular complexity index is 434. The average Bonchev–Trinajstić information content (AvgIpc) is 2.10. The Morgan fingerprint density at radius 1 is 1.38 bits per heavy atom. The van der Waals surface area contributed by atoms with Gasteiger partial charge in [0.1, 0.15) is 0 Å². The number of nitro benzene ring substituents is 1. The molecule has 0 bridgehead atoms. The minimum Gasteiger partial charge on any atom is -0.409 e. The van der Waals surface area contributed by atoms with Crippen molar-refractivity contribution in [2.24, 2.45) is 0 Å². The molecule has 1 aromatic carbocycles. The van der Waals surface area contributed by atoms with Gasteiger partial charge >= 0.3 is 11.3 Å². The number of hydrogen-bond acceptors (Lipinski definition) is 3. The van der Waals surface area contributed by atoms with Crippen LogP contribution in [0.5, 0.6) is 5.75 Å². The van der Waals surface area contributed by atoms with E-state index in [9.17, 15) is 27.7 Å². The second-order valence-electron chi connectivity index (χ2n) is 2.51. The first-order valence-electron chi connectivity index (χ1n) is 3.60. The van der Waals surface area contributed by atoms with Crippen molar-refractivity contribution < 1.29 is 27.2 Å². The highest BCUT2D eigenvalue weighted by Gasteiger charge is 2.34. The third kappa shape index (κ3) is 2.72. The summed E-state index contributed by atoms with van der Waals surface area (Å²) < 4.78 is 53.5. The molecule has 0 spiro atoms. The van der Waals surface area contributed by atoms with E-state index < -0.39 is 33.6 Å². The quantitative estimate of drug-likeness (QED) is 0.363. The van der Waals surface area contributed by atoms with Crippen LogP contribution in [0.2, 0.25) is 0 Å². The van der Waals surface area contributed by atoms with Gasteiger partial charge in [-0.2, -0.15) is 4.39 Å². The molecule has 0 aliphatic heterocycles. The van der Waals surface area contributed by atoms with Gasteiger partial charge in [-0.3, -0.25) is 10.1 Å². The Morgan fingerprint density at radius 3 is 2.38 bits per heavy atom. The van der Waals surface area contributed by atoms with Gasteiger partial charge in [0.05, 0.1) is 4.92 Å². The second-order valence-corrected chi connectivity index (χ2v) is 2.95. The van der Waals surface area contributed by atoms with Crippen LogP contribution >= 0.6 is 11.6 Å². The summed E-state index contributed by atoms with van der Waals surface area (Å²) >= 11 is 4.30. The molecule has 0 saturated carbocycles. The van der Waals surface area contributed by atoms with Gasteiger partial charge in [0, 0.05) is 17.7 Å². The molecule has 0 radical (unpaired) electrons. The molecule has 0 atom stereocenters. The Labute approximate surface area is 90.5 Å². The van der Waals surface area contributed by atoms with Crippen LogP contribution in [0.25, 0.3) is 0 Å². The van der Waals surface area contributed by atoms with Crippen LogP contribution in [0, 0.1) is 21.7 Å². The summed E-state index contributed by atoms with van der Waals surface area (Å²) in [6.45, 7) is 0. The minimum atomic E-state index is -4.38. The molecule has 0 aliphatic carbocycles. The van der Waals surface area contributed by atoms with Crippen LogP contribution in [0.4, 0.5) is 23.2 Å². The van der Waals surface area contributed by atoms with E-state index in [1.807, 2.05) is 0 Å². The van der Waals surface area contributed by atoms with Crippen molar-refractivity contribution in [1.29, 1.82) is 0 Å². The van der Waals surface area contributed by atoms with Crippen LogP contribution in [0.1, 0.15) is 0 Å². The number of benzene rings is 1. The first kappa shape index (κ1) is 12.5. The standard InChI is InChI=1S/C7H2ClF4NO3/c8-7(11,12)16-6-4(13(14)15)2-1-3(9)5(6)10/h1-2H. The third-order valence-corrected chi connectivity index (χ3v) is 1.52. The van der Waals surface area contributed by atoms with E-state index in [0.717, 1.165) is 0 Å². The van der Waals surface area contributed by atoms with Crippen LogP contribution in [-0.2, 0) is 0 Å². The lowest BCUT2D eigenvalue weighted by atomic mass is 10.3. The molecule has 1 rings (SSSR count). The van der Waals surface area contributed by atoms with E-state index in [4.69, 9.17) is 0 Å². The highest BCUT2D eigenvalue weighted by Crippen LogP contribution is 2.36. The van der Waals surface area contributed by atoms with Crippen molar-refractivity contribution in [3.63, 3.8) is 0 Å². The van der Waals surface area contributed by atoms with E-state index in [1.54, 1.807) is 0 Å². The summed E-state index contributed by atoms with van der Waals surface area (Å²) in [5.41, 5.74) is -5.53. The monoisotopic (exact) mass is 259 g/mol. The number of hydrogen-bond donors (Lipinski definition) is 0. The summed E-state index contributed by atoms with van der Waals surface area (Å²) in [4.78, 5) is 9.11. The molecule has 0 N–H and O–H groups in total. The lowest BCUT2D eigenvalue weighted by molar-refractivity contribution is -0.387. The van der Waals surface area contributed by atoms with Crippen molar-refractivity contribution in [2.75, 3.05) is 0 Å². The lowest BCUT2D eigenvalue weighted by Crippen LogP contribution is -2.18. The first-order chi connectivity index (χ1) is 7.22. The summed E-state index contributed by atoms with van der Waals surface area (Å²) in [6.07, 6.45) is 0. The Hall–Kier alpha value is -1.57. The van der Waals surface area contributed by atoms with Gasteiger partial charge in [-0.25, -0.2) is 4.39 Å². The van der Waals surface area contributed by atoms with Gasteiger partial charge in [-0.15, -0.1) is 8.78 Å². The maximum atomic E-state index is 13.0. The molecule has 88 valence electrons. The molecule has 4 nitrogen and oxygen atoms in total. The number of nitrogens with zero attached hydrogens (tertiary/aromatic N) is 1. The average molecular weight is 260 g/mol. The zero-order chi connectivity index (χ0) is 12.5. The summed E-state index contributed by atoms with van der Waals surface area (Å²) in [7, 11) is 0. The zero-order valence-electron chi connectivity index (χ0n) is 7.22. The highest BCUT2D eigenvalue weighted by atomic mass is 35.5. The van der Waals surface area contributed by atoms with E-state index in [0.29, 0.717) is 12.1 Å². The number of nitro groups is 1. The predicted octanol–water partition coefficient (Wildman–Crippen LogP) is 3.04. The van der Waals surface area contributed by atoms with E-state index >= 15 is 0 Å². The van der Waals surface area contributed by atoms with Gasteiger partial charge in [0.2, 0.25) is 11.6 Å². The van der Waals surface area contributed by atoms with E-state index in [-0.39, 0.29) is 0 Å². The number of ether oxygens (including phenoxy) is 1. The maximum absolute atomic E-state index is 13.0. The van der Waals surface area contributed by atoms with Gasteiger partial charge < -0.3 is 4.74 Å². The lowest BCUT2D eigenvalue weighted by Gasteiger charge is -2.11. The molecular formula is C7H2ClF4NO3. The smallest absolute Gasteiger partial charge is 0.409 e. The zero-order valence-corrected chi connectivity index (χ0v) is 7.97. The third-order valence-electron chi connectivity index (χ3n) is 1.44. The number of rotatable bonds is 3. The molecule has 16 heavy (non-hydrogen) atoms. The van der Waals surface area contributed by atoms with Crippen LogP contribution in [0.3, 0.4) is 0 Å². The molecule has 1 aromatic rings. The molecule has 0 saturated heterocycles. The van der Waals surface area contributed by atoms with Gasteiger partial charge in [0.25, 0.3) is 0 Å². The van der Waals surface area contributed by atoms with Crippen LogP contribution in [0.15, 0.2) is 12.1 Å². The Morgan fingerprint density at radius 2 is 1.94 bits per heavy atom. The molecule has 0 heterocycles. The molecule has 0 unspecified atom stereocenters. The van der Waals surface area contributed by atoms with E-state index in [1.165, 1.54) is 0 Å². The van der Waals surface area contributed by atoms with Gasteiger partial charge in [-0.1, -0.05) is 0 Å². The van der Waals surface area contributed by atoms with Gasteiger partial charge in [-0.05, 0) is 6.07 Å². The van der Waals surface area contributed by atoms with Crippen molar-refractivity contribution in [3.8, 4) is 5.75 Å². The Kier molecular flexibility index (Phi) is 3.22. The SMILES string of the molecule is O=[N+]([O-])c1ccc(F)c(F)c1OC(F)(F)Cl. The van der Waals surface area contributed by atoms with Crippen molar-refractivity contribution in [3.05, 3.63) is 33.9 Å². The largest absolute Gasteiger partial charge is 0.487 e. The molecule has 0 amide bonds. The van der Waals surface area contributed by atoms with Crippen LogP contribution in [-0.4, -0.2) is 10.5 Å². The normalized spacial score (nSPS) is 11.3. The first-order valence-corrected chi connectivity index (χ1v) is 3.98. The fourth-order valence-electron chi connectivity index (χ4n) is 0.878. The maximum Gasteiger partial charge on any atom is 0.487 e. The summed E-state index contributed by atoms with van der Waals surface area (Å²) in [6, 6.07) is 0.892. The molecule has 0 aliphatic rings. The van der Waals surface area contributed by atoms with Gasteiger partial charge in [0.15, 0.2) is 5.82 Å². The topological polar surface area (TPSA) is 52.4 Å². The van der Waals surface area contributed by atoms with Crippen LogP contribution < -0.4 is 4.74 Å². The van der Waals surface area contributed by atoms with E-state index in [2.05, 4.69) is 16.3 Å². The number of alkyl halides is 3. The molecule has 0 aromatic heterocycles. The second kappa shape index (κ2) is 4.12. The number of halogens is 5. The molecule has 9 heteroatoms. The Balaban J connectivity index is 3.32. The summed E-state index contributed by atoms with van der Waals surface area (Å²) in [5.74, 6) is -5.03.